The molecular formula is C21H20O5. The minimum Gasteiger partial charge on any atom is -0.497 e. The van der Waals surface area contributed by atoms with Crippen LogP contribution in [-0.4, -0.2) is 31.3 Å². The van der Waals surface area contributed by atoms with Crippen molar-refractivity contribution in [3.63, 3.8) is 0 Å². The molecule has 0 aliphatic rings. The van der Waals surface area contributed by atoms with Crippen LogP contribution in [-0.2, 0) is 14.3 Å². The Morgan fingerprint density at radius 1 is 1.00 bits per heavy atom. The highest BCUT2D eigenvalue weighted by atomic mass is 16.5. The van der Waals surface area contributed by atoms with Crippen LogP contribution in [0.15, 0.2) is 66.2 Å². The van der Waals surface area contributed by atoms with Gasteiger partial charge in [-0.25, -0.2) is 4.79 Å². The standard InChI is InChI=1S/C21H20O5/c1-25-19-10-8-15(9-11-19)12-17(16-6-4-3-5-7-16)13-18(14-20(22)23)21(24)26-2/h3-13H,14H2,1-2H3,(H,22,23)/b17-12+,18-13-. The van der Waals surface area contributed by atoms with Gasteiger partial charge in [0.1, 0.15) is 5.75 Å². The monoisotopic (exact) mass is 352 g/mol. The number of carbonyl (C=O) groups excluding carboxylic acids is 1. The lowest BCUT2D eigenvalue weighted by molar-refractivity contribution is -0.141. The number of hydrogen-bond acceptors (Lipinski definition) is 4. The number of hydrogen-bond donors (Lipinski definition) is 1. The molecule has 0 atom stereocenters. The van der Waals surface area contributed by atoms with Crippen LogP contribution in [0.2, 0.25) is 0 Å². The highest BCUT2D eigenvalue weighted by molar-refractivity contribution is 5.99. The molecule has 0 fully saturated rings. The fourth-order valence-electron chi connectivity index (χ4n) is 2.38. The molecule has 0 aromatic heterocycles. The second kappa shape index (κ2) is 9.22. The maximum atomic E-state index is 12.0. The maximum absolute atomic E-state index is 12.0. The quantitative estimate of drug-likeness (QED) is 0.355. The largest absolute Gasteiger partial charge is 0.497 e. The minimum atomic E-state index is -1.10. The van der Waals surface area contributed by atoms with E-state index < -0.39 is 18.4 Å². The normalized spacial score (nSPS) is 11.8. The van der Waals surface area contributed by atoms with Gasteiger partial charge in [0.05, 0.1) is 20.6 Å². The van der Waals surface area contributed by atoms with E-state index in [0.717, 1.165) is 16.9 Å². The van der Waals surface area contributed by atoms with E-state index in [1.54, 1.807) is 13.2 Å². The van der Waals surface area contributed by atoms with E-state index in [0.29, 0.717) is 5.57 Å². The molecule has 0 saturated carbocycles. The predicted molar refractivity (Wildman–Crippen MR) is 99.7 cm³/mol. The van der Waals surface area contributed by atoms with Gasteiger partial charge in [0.15, 0.2) is 0 Å². The van der Waals surface area contributed by atoms with E-state index in [1.807, 2.05) is 60.7 Å². The Kier molecular flexibility index (Phi) is 6.74. The van der Waals surface area contributed by atoms with Crippen molar-refractivity contribution in [3.8, 4) is 5.75 Å². The summed E-state index contributed by atoms with van der Waals surface area (Å²) in [7, 11) is 2.82. The van der Waals surface area contributed by atoms with Crippen molar-refractivity contribution < 1.29 is 24.2 Å². The number of rotatable bonds is 7. The fourth-order valence-corrected chi connectivity index (χ4v) is 2.38. The maximum Gasteiger partial charge on any atom is 0.334 e. The molecule has 0 radical (unpaired) electrons. The molecule has 0 heterocycles. The van der Waals surface area contributed by atoms with Gasteiger partial charge in [-0.05, 0) is 41.0 Å². The zero-order valence-corrected chi connectivity index (χ0v) is 14.6. The molecule has 134 valence electrons. The van der Waals surface area contributed by atoms with Gasteiger partial charge in [-0.3, -0.25) is 4.79 Å². The lowest BCUT2D eigenvalue weighted by Crippen LogP contribution is -2.09. The zero-order valence-electron chi connectivity index (χ0n) is 14.6. The van der Waals surface area contributed by atoms with E-state index in [9.17, 15) is 9.59 Å². The lowest BCUT2D eigenvalue weighted by Gasteiger charge is -2.08. The third kappa shape index (κ3) is 5.34. The van der Waals surface area contributed by atoms with Crippen molar-refractivity contribution in [1.29, 1.82) is 0 Å². The first kappa shape index (κ1) is 19.0. The van der Waals surface area contributed by atoms with Crippen molar-refractivity contribution >= 4 is 23.6 Å². The first-order valence-corrected chi connectivity index (χ1v) is 7.95. The summed E-state index contributed by atoms with van der Waals surface area (Å²) in [6, 6.07) is 16.8. The molecule has 0 unspecified atom stereocenters. The van der Waals surface area contributed by atoms with Gasteiger partial charge < -0.3 is 14.6 Å². The number of aliphatic carboxylic acids is 1. The average Bonchev–Trinajstić information content (AvgIpc) is 2.67. The first-order chi connectivity index (χ1) is 12.5. The topological polar surface area (TPSA) is 72.8 Å². The van der Waals surface area contributed by atoms with E-state index in [2.05, 4.69) is 0 Å². The van der Waals surface area contributed by atoms with Crippen LogP contribution in [0, 0.1) is 0 Å². The van der Waals surface area contributed by atoms with Gasteiger partial charge in [-0.2, -0.15) is 0 Å². The van der Waals surface area contributed by atoms with Gasteiger partial charge in [0.2, 0.25) is 0 Å². The number of benzene rings is 2. The predicted octanol–water partition coefficient (Wildman–Crippen LogP) is 3.81. The van der Waals surface area contributed by atoms with Crippen LogP contribution in [0.5, 0.6) is 5.75 Å². The summed E-state index contributed by atoms with van der Waals surface area (Å²) in [6.45, 7) is 0. The zero-order chi connectivity index (χ0) is 18.9. The smallest absolute Gasteiger partial charge is 0.334 e. The van der Waals surface area contributed by atoms with Crippen molar-refractivity contribution in [1.82, 2.24) is 0 Å². The first-order valence-electron chi connectivity index (χ1n) is 7.95. The van der Waals surface area contributed by atoms with E-state index >= 15 is 0 Å². The van der Waals surface area contributed by atoms with Crippen molar-refractivity contribution in [2.45, 2.75) is 6.42 Å². The summed E-state index contributed by atoms with van der Waals surface area (Å²) in [4.78, 5) is 23.0. The number of carboxylic acids is 1. The molecule has 1 N–H and O–H groups in total. The summed E-state index contributed by atoms with van der Waals surface area (Å²) < 4.78 is 9.87. The Balaban J connectivity index is 2.52. The Bertz CT molecular complexity index is 817. The number of ether oxygens (including phenoxy) is 2. The molecule has 2 aromatic carbocycles. The van der Waals surface area contributed by atoms with Crippen molar-refractivity contribution in [2.24, 2.45) is 0 Å². The van der Waals surface area contributed by atoms with Crippen LogP contribution in [0.3, 0.4) is 0 Å². The summed E-state index contributed by atoms with van der Waals surface area (Å²) in [5, 5.41) is 9.08. The van der Waals surface area contributed by atoms with Crippen LogP contribution in [0.25, 0.3) is 11.6 Å². The Morgan fingerprint density at radius 2 is 1.65 bits per heavy atom. The Labute approximate surface area is 152 Å². The third-order valence-corrected chi connectivity index (χ3v) is 3.66. The Morgan fingerprint density at radius 3 is 2.19 bits per heavy atom. The molecule has 2 rings (SSSR count). The summed E-state index contributed by atoms with van der Waals surface area (Å²) >= 11 is 0. The van der Waals surface area contributed by atoms with Gasteiger partial charge in [0.25, 0.3) is 0 Å². The summed E-state index contributed by atoms with van der Waals surface area (Å²) in [5.41, 5.74) is 2.52. The van der Waals surface area contributed by atoms with Gasteiger partial charge in [0, 0.05) is 5.57 Å². The number of methoxy groups -OCH3 is 2. The van der Waals surface area contributed by atoms with E-state index in [-0.39, 0.29) is 5.57 Å². The number of esters is 1. The summed E-state index contributed by atoms with van der Waals surface area (Å²) in [6.07, 6.45) is 3.01. The van der Waals surface area contributed by atoms with Gasteiger partial charge in [-0.1, -0.05) is 42.5 Å². The number of carbonyl (C=O) groups is 2. The average molecular weight is 352 g/mol. The second-order valence-corrected chi connectivity index (χ2v) is 5.47. The molecule has 0 aliphatic carbocycles. The van der Waals surface area contributed by atoms with Crippen molar-refractivity contribution in [2.75, 3.05) is 14.2 Å². The van der Waals surface area contributed by atoms with Crippen LogP contribution in [0.4, 0.5) is 0 Å². The summed E-state index contributed by atoms with van der Waals surface area (Å²) in [5.74, 6) is -1.03. The Hall–Kier alpha value is -3.34. The molecule has 26 heavy (non-hydrogen) atoms. The van der Waals surface area contributed by atoms with Gasteiger partial charge >= 0.3 is 11.9 Å². The molecule has 0 aliphatic heterocycles. The molecule has 0 spiro atoms. The molecule has 5 nitrogen and oxygen atoms in total. The van der Waals surface area contributed by atoms with E-state index in [4.69, 9.17) is 14.6 Å². The van der Waals surface area contributed by atoms with Crippen LogP contribution in [0.1, 0.15) is 17.5 Å². The van der Waals surface area contributed by atoms with Gasteiger partial charge in [-0.15, -0.1) is 0 Å². The van der Waals surface area contributed by atoms with Crippen LogP contribution >= 0.6 is 0 Å². The third-order valence-electron chi connectivity index (χ3n) is 3.66. The molecule has 0 bridgehead atoms. The highest BCUT2D eigenvalue weighted by Crippen LogP contribution is 2.23. The fraction of sp³-hybridized carbons (Fsp3) is 0.143. The molecule has 0 saturated heterocycles. The molecular weight excluding hydrogens is 332 g/mol. The number of carboxylic acid groups (broad SMARTS) is 1. The molecule has 0 amide bonds. The van der Waals surface area contributed by atoms with Crippen LogP contribution < -0.4 is 4.74 Å². The lowest BCUT2D eigenvalue weighted by atomic mass is 9.99. The molecule has 5 heteroatoms. The highest BCUT2D eigenvalue weighted by Gasteiger charge is 2.15. The SMILES string of the molecule is COC(=O)/C(=C\C(=C/c1ccc(OC)cc1)c1ccccc1)CC(=O)O. The van der Waals surface area contributed by atoms with E-state index in [1.165, 1.54) is 7.11 Å². The number of allylic oxidation sites excluding steroid dienone is 2. The molecule has 2 aromatic rings. The second-order valence-electron chi connectivity index (χ2n) is 5.47. The minimum absolute atomic E-state index is 0.0728. The van der Waals surface area contributed by atoms with Crippen molar-refractivity contribution in [3.05, 3.63) is 77.4 Å².